The highest BCUT2D eigenvalue weighted by Crippen LogP contribution is 2.37. The average molecular weight is 461 g/mol. The maximum Gasteiger partial charge on any atom is 0.416 e. The number of carbonyl (C=O) groups excluding carboxylic acids is 2. The first-order valence-electron chi connectivity index (χ1n) is 6.92. The summed E-state index contributed by atoms with van der Waals surface area (Å²) in [6.45, 7) is 1.15. The molecule has 0 bridgehead atoms. The fourth-order valence-electron chi connectivity index (χ4n) is 1.94. The highest BCUT2D eigenvalue weighted by molar-refractivity contribution is 6.52. The van der Waals surface area contributed by atoms with Crippen molar-refractivity contribution in [1.82, 2.24) is 4.98 Å². The normalized spacial score (nSPS) is 11.3. The Morgan fingerprint density at radius 3 is 2.15 bits per heavy atom. The van der Waals surface area contributed by atoms with Gasteiger partial charge in [0.1, 0.15) is 10.8 Å². The summed E-state index contributed by atoms with van der Waals surface area (Å²) in [4.78, 5) is 27.4. The van der Waals surface area contributed by atoms with Crippen LogP contribution in [0.1, 0.15) is 23.0 Å². The van der Waals surface area contributed by atoms with Crippen LogP contribution in [0.4, 0.5) is 24.5 Å². The minimum atomic E-state index is -4.67. The van der Waals surface area contributed by atoms with Gasteiger partial charge in [0.25, 0.3) is 5.91 Å². The molecule has 0 saturated heterocycles. The van der Waals surface area contributed by atoms with Gasteiger partial charge in [-0.25, -0.2) is 4.98 Å². The third kappa shape index (κ3) is 4.95. The smallest absolute Gasteiger partial charge is 0.325 e. The molecule has 0 radical (unpaired) electrons. The number of alkyl halides is 3. The number of hydrogen-bond acceptors (Lipinski definition) is 3. The van der Waals surface area contributed by atoms with Crippen LogP contribution >= 0.6 is 46.4 Å². The van der Waals surface area contributed by atoms with Gasteiger partial charge in [0.05, 0.1) is 32.0 Å². The average Bonchev–Trinajstić information content (AvgIpc) is 2.56. The van der Waals surface area contributed by atoms with Crippen molar-refractivity contribution in [3.8, 4) is 0 Å². The largest absolute Gasteiger partial charge is 0.416 e. The molecule has 0 unspecified atom stereocenters. The fourth-order valence-corrected chi connectivity index (χ4v) is 2.76. The number of nitrogens with zero attached hydrogens (tertiary/aromatic N) is 1. The predicted molar refractivity (Wildman–Crippen MR) is 98.0 cm³/mol. The van der Waals surface area contributed by atoms with Gasteiger partial charge in [-0.3, -0.25) is 9.59 Å². The molecule has 144 valence electrons. The number of amides is 2. The lowest BCUT2D eigenvalue weighted by Gasteiger charge is -2.15. The monoisotopic (exact) mass is 459 g/mol. The van der Waals surface area contributed by atoms with Gasteiger partial charge in [-0.05, 0) is 18.2 Å². The number of aromatic nitrogens is 1. The summed E-state index contributed by atoms with van der Waals surface area (Å²) in [6, 6.07) is 2.40. The van der Waals surface area contributed by atoms with E-state index < -0.39 is 29.2 Å². The fraction of sp³-hybridized carbons (Fsp3) is 0.133. The SMILES string of the molecule is CC(=O)Nc1ccc(C(F)(F)F)cc1NC(=O)c1nc(Cl)c(Cl)c(Cl)c1Cl. The molecular formula is C15H8Cl4F3N3O2. The maximum absolute atomic E-state index is 13.0. The molecule has 1 aromatic carbocycles. The predicted octanol–water partition coefficient (Wildman–Crippen LogP) is 5.92. The second kappa shape index (κ2) is 8.10. The molecule has 12 heteroatoms. The third-order valence-corrected chi connectivity index (χ3v) is 4.78. The standard InChI is InChI=1S/C15H8Cl4F3N3O2/c1-5(26)23-7-3-2-6(15(20,21)22)4-8(7)24-14(27)12-10(17)9(16)11(18)13(19)25-12/h2-4H,1H3,(H,23,26)(H,24,27). The van der Waals surface area contributed by atoms with Crippen LogP contribution in [0.2, 0.25) is 20.2 Å². The van der Waals surface area contributed by atoms with Crippen LogP contribution in [0.3, 0.4) is 0 Å². The van der Waals surface area contributed by atoms with Crippen molar-refractivity contribution >= 4 is 69.6 Å². The molecule has 2 N–H and O–H groups in total. The van der Waals surface area contributed by atoms with Crippen LogP contribution in [0.15, 0.2) is 18.2 Å². The molecule has 0 aliphatic rings. The van der Waals surface area contributed by atoms with Crippen molar-refractivity contribution in [2.45, 2.75) is 13.1 Å². The molecule has 2 rings (SSSR count). The van der Waals surface area contributed by atoms with E-state index in [1.54, 1.807) is 0 Å². The van der Waals surface area contributed by atoms with Crippen molar-refractivity contribution in [3.05, 3.63) is 49.7 Å². The summed E-state index contributed by atoms with van der Waals surface area (Å²) in [5.74, 6) is -1.56. The van der Waals surface area contributed by atoms with E-state index in [2.05, 4.69) is 15.6 Å². The van der Waals surface area contributed by atoms with Gasteiger partial charge in [0.2, 0.25) is 5.91 Å². The van der Waals surface area contributed by atoms with E-state index in [1.165, 1.54) is 0 Å². The van der Waals surface area contributed by atoms with Crippen LogP contribution in [-0.4, -0.2) is 16.8 Å². The molecule has 0 aliphatic carbocycles. The first kappa shape index (κ1) is 21.6. The summed E-state index contributed by atoms with van der Waals surface area (Å²) < 4.78 is 38.9. The zero-order valence-electron chi connectivity index (χ0n) is 13.1. The Morgan fingerprint density at radius 2 is 1.59 bits per heavy atom. The lowest BCUT2D eigenvalue weighted by molar-refractivity contribution is -0.137. The van der Waals surface area contributed by atoms with Crippen molar-refractivity contribution in [1.29, 1.82) is 0 Å². The zero-order chi connectivity index (χ0) is 20.5. The second-order valence-electron chi connectivity index (χ2n) is 5.09. The van der Waals surface area contributed by atoms with Crippen molar-refractivity contribution in [3.63, 3.8) is 0 Å². The Bertz CT molecular complexity index is 935. The molecule has 1 heterocycles. The summed E-state index contributed by atoms with van der Waals surface area (Å²) in [6.07, 6.45) is -4.67. The molecule has 1 aromatic heterocycles. The van der Waals surface area contributed by atoms with E-state index in [0.29, 0.717) is 6.07 Å². The minimum Gasteiger partial charge on any atom is -0.325 e. The van der Waals surface area contributed by atoms with Gasteiger partial charge in [0, 0.05) is 6.92 Å². The Kier molecular flexibility index (Phi) is 6.47. The number of benzene rings is 1. The summed E-state index contributed by atoms with van der Waals surface area (Å²) >= 11 is 23.3. The molecule has 27 heavy (non-hydrogen) atoms. The van der Waals surface area contributed by atoms with Crippen molar-refractivity contribution in [2.24, 2.45) is 0 Å². The van der Waals surface area contributed by atoms with Gasteiger partial charge in [0.15, 0.2) is 0 Å². The van der Waals surface area contributed by atoms with Gasteiger partial charge < -0.3 is 10.6 Å². The number of halogens is 7. The number of pyridine rings is 1. The number of rotatable bonds is 3. The molecule has 5 nitrogen and oxygen atoms in total. The van der Waals surface area contributed by atoms with E-state index in [-0.39, 0.29) is 31.6 Å². The van der Waals surface area contributed by atoms with Gasteiger partial charge in [-0.15, -0.1) is 0 Å². The second-order valence-corrected chi connectivity index (χ2v) is 6.58. The van der Waals surface area contributed by atoms with Crippen molar-refractivity contribution < 1.29 is 22.8 Å². The van der Waals surface area contributed by atoms with Crippen LogP contribution in [0, 0.1) is 0 Å². The minimum absolute atomic E-state index is 0.0638. The Labute approximate surface area is 170 Å². The quantitative estimate of drug-likeness (QED) is 0.558. The number of anilines is 2. The summed E-state index contributed by atoms with van der Waals surface area (Å²) in [5, 5.41) is 3.43. The molecule has 2 amide bonds. The first-order chi connectivity index (χ1) is 12.4. The molecule has 0 spiro atoms. The van der Waals surface area contributed by atoms with E-state index in [1.807, 2.05) is 0 Å². The lowest BCUT2D eigenvalue weighted by atomic mass is 10.1. The Hall–Kier alpha value is -1.74. The Balaban J connectivity index is 2.49. The van der Waals surface area contributed by atoms with E-state index >= 15 is 0 Å². The first-order valence-corrected chi connectivity index (χ1v) is 8.43. The molecule has 2 aromatic rings. The topological polar surface area (TPSA) is 71.1 Å². The molecule has 0 fully saturated rings. The summed E-state index contributed by atoms with van der Waals surface area (Å²) in [5.41, 5.74) is -1.89. The molecular weight excluding hydrogens is 453 g/mol. The van der Waals surface area contributed by atoms with Crippen LogP contribution in [-0.2, 0) is 11.0 Å². The molecule has 0 aliphatic heterocycles. The van der Waals surface area contributed by atoms with Gasteiger partial charge >= 0.3 is 6.18 Å². The summed E-state index contributed by atoms with van der Waals surface area (Å²) in [7, 11) is 0. The van der Waals surface area contributed by atoms with E-state index in [4.69, 9.17) is 46.4 Å². The maximum atomic E-state index is 13.0. The highest BCUT2D eigenvalue weighted by atomic mass is 35.5. The van der Waals surface area contributed by atoms with Crippen LogP contribution in [0.5, 0.6) is 0 Å². The molecule has 0 saturated carbocycles. The van der Waals surface area contributed by atoms with Crippen molar-refractivity contribution in [2.75, 3.05) is 10.6 Å². The third-order valence-electron chi connectivity index (χ3n) is 3.11. The lowest BCUT2D eigenvalue weighted by Crippen LogP contribution is -2.18. The number of nitrogens with one attached hydrogen (secondary N) is 2. The number of carbonyl (C=O) groups is 2. The van der Waals surface area contributed by atoms with E-state index in [9.17, 15) is 22.8 Å². The van der Waals surface area contributed by atoms with Gasteiger partial charge in [-0.2, -0.15) is 13.2 Å². The molecule has 0 atom stereocenters. The van der Waals surface area contributed by atoms with Crippen LogP contribution < -0.4 is 10.6 Å². The Morgan fingerprint density at radius 1 is 0.963 bits per heavy atom. The highest BCUT2D eigenvalue weighted by Gasteiger charge is 2.31. The van der Waals surface area contributed by atoms with Gasteiger partial charge in [-0.1, -0.05) is 46.4 Å². The van der Waals surface area contributed by atoms with E-state index in [0.717, 1.165) is 19.1 Å². The zero-order valence-corrected chi connectivity index (χ0v) is 16.2. The van der Waals surface area contributed by atoms with Crippen LogP contribution in [0.25, 0.3) is 0 Å². The number of hydrogen-bond donors (Lipinski definition) is 2.